The van der Waals surface area contributed by atoms with Crippen LogP contribution >= 0.6 is 0 Å². The number of aliphatic carboxylic acids is 1. The highest BCUT2D eigenvalue weighted by molar-refractivity contribution is 5.86. The molecule has 1 saturated carbocycles. The summed E-state index contributed by atoms with van der Waals surface area (Å²) in [5.74, 6) is -1.25. The fourth-order valence-corrected chi connectivity index (χ4v) is 3.37. The zero-order valence-electron chi connectivity index (χ0n) is 11.7. The van der Waals surface area contributed by atoms with Crippen molar-refractivity contribution in [3.8, 4) is 0 Å². The van der Waals surface area contributed by atoms with Crippen LogP contribution in [0, 0.1) is 11.8 Å². The molecule has 19 heavy (non-hydrogen) atoms. The van der Waals surface area contributed by atoms with Crippen molar-refractivity contribution in [2.45, 2.75) is 44.6 Å². The standard InChI is InChI=1S/C14H23NO4/c1-10-8-15(9-11(10)12(16)17)13(18)14(19-2)6-4-3-5-7-14/h10-11H,3-9H2,1-2H3,(H,16,17)/t10-,11-/m1/s1. The number of nitrogens with zero attached hydrogens (tertiary/aromatic N) is 1. The first kappa shape index (κ1) is 14.3. The number of carbonyl (C=O) groups is 2. The Labute approximate surface area is 113 Å². The zero-order chi connectivity index (χ0) is 14.0. The summed E-state index contributed by atoms with van der Waals surface area (Å²) < 4.78 is 5.55. The lowest BCUT2D eigenvalue weighted by Crippen LogP contribution is -2.51. The Morgan fingerprint density at radius 3 is 2.32 bits per heavy atom. The number of hydrogen-bond donors (Lipinski definition) is 1. The molecular formula is C14H23NO4. The van der Waals surface area contributed by atoms with Crippen LogP contribution in [0.2, 0.25) is 0 Å². The average molecular weight is 269 g/mol. The van der Waals surface area contributed by atoms with E-state index in [0.29, 0.717) is 13.1 Å². The highest BCUT2D eigenvalue weighted by atomic mass is 16.5. The van der Waals surface area contributed by atoms with Crippen LogP contribution in [0.3, 0.4) is 0 Å². The maximum atomic E-state index is 12.7. The SMILES string of the molecule is COC1(C(=O)N2C[C@@H](C)[C@H](C(=O)O)C2)CCCCC1. The van der Waals surface area contributed by atoms with E-state index in [1.54, 1.807) is 12.0 Å². The lowest BCUT2D eigenvalue weighted by molar-refractivity contribution is -0.158. The number of likely N-dealkylation sites (tertiary alicyclic amines) is 1. The number of ether oxygens (including phenoxy) is 1. The Morgan fingerprint density at radius 1 is 1.21 bits per heavy atom. The molecule has 0 unspecified atom stereocenters. The molecule has 2 aliphatic rings. The van der Waals surface area contributed by atoms with Gasteiger partial charge < -0.3 is 14.7 Å². The monoisotopic (exact) mass is 269 g/mol. The maximum absolute atomic E-state index is 12.7. The molecule has 1 aliphatic heterocycles. The Balaban J connectivity index is 2.09. The molecule has 2 fully saturated rings. The van der Waals surface area contributed by atoms with Crippen molar-refractivity contribution in [2.75, 3.05) is 20.2 Å². The fraction of sp³-hybridized carbons (Fsp3) is 0.857. The van der Waals surface area contributed by atoms with E-state index >= 15 is 0 Å². The van der Waals surface area contributed by atoms with Gasteiger partial charge in [0, 0.05) is 20.2 Å². The predicted octanol–water partition coefficient (Wildman–Crippen LogP) is 1.51. The lowest BCUT2D eigenvalue weighted by Gasteiger charge is -2.37. The number of amides is 1. The largest absolute Gasteiger partial charge is 0.481 e. The Hall–Kier alpha value is -1.10. The maximum Gasteiger partial charge on any atom is 0.308 e. The van der Waals surface area contributed by atoms with Gasteiger partial charge in [-0.25, -0.2) is 0 Å². The molecule has 1 amide bonds. The van der Waals surface area contributed by atoms with E-state index in [-0.39, 0.29) is 11.8 Å². The molecule has 5 nitrogen and oxygen atoms in total. The molecule has 0 aromatic rings. The summed E-state index contributed by atoms with van der Waals surface area (Å²) >= 11 is 0. The Bertz CT molecular complexity index is 362. The molecule has 0 spiro atoms. The van der Waals surface area contributed by atoms with E-state index < -0.39 is 17.5 Å². The molecule has 1 saturated heterocycles. The molecular weight excluding hydrogens is 246 g/mol. The summed E-state index contributed by atoms with van der Waals surface area (Å²) in [7, 11) is 1.59. The molecule has 2 rings (SSSR count). The average Bonchev–Trinajstić information content (AvgIpc) is 2.81. The van der Waals surface area contributed by atoms with Crippen LogP contribution in [0.4, 0.5) is 0 Å². The van der Waals surface area contributed by atoms with Gasteiger partial charge in [0.15, 0.2) is 0 Å². The van der Waals surface area contributed by atoms with E-state index in [4.69, 9.17) is 9.84 Å². The van der Waals surface area contributed by atoms with Crippen LogP contribution < -0.4 is 0 Å². The third-order valence-electron chi connectivity index (χ3n) is 4.66. The second kappa shape index (κ2) is 5.49. The second-order valence-corrected chi connectivity index (χ2v) is 5.89. The van der Waals surface area contributed by atoms with Gasteiger partial charge in [0.1, 0.15) is 5.60 Å². The predicted molar refractivity (Wildman–Crippen MR) is 69.7 cm³/mol. The van der Waals surface area contributed by atoms with Crippen molar-refractivity contribution >= 4 is 11.9 Å². The topological polar surface area (TPSA) is 66.8 Å². The lowest BCUT2D eigenvalue weighted by atomic mass is 9.83. The Morgan fingerprint density at radius 2 is 1.84 bits per heavy atom. The molecule has 1 aliphatic carbocycles. The van der Waals surface area contributed by atoms with Gasteiger partial charge in [0.05, 0.1) is 5.92 Å². The summed E-state index contributed by atoms with van der Waals surface area (Å²) in [6.45, 7) is 2.74. The number of hydrogen-bond acceptors (Lipinski definition) is 3. The first-order valence-electron chi connectivity index (χ1n) is 7.07. The Kier molecular flexibility index (Phi) is 4.13. The van der Waals surface area contributed by atoms with Crippen molar-refractivity contribution in [1.82, 2.24) is 4.90 Å². The first-order chi connectivity index (χ1) is 9.00. The highest BCUT2D eigenvalue weighted by Gasteiger charge is 2.46. The smallest absolute Gasteiger partial charge is 0.308 e. The summed E-state index contributed by atoms with van der Waals surface area (Å²) in [4.78, 5) is 25.5. The van der Waals surface area contributed by atoms with Gasteiger partial charge in [-0.2, -0.15) is 0 Å². The van der Waals surface area contributed by atoms with E-state index in [1.807, 2.05) is 6.92 Å². The van der Waals surface area contributed by atoms with Crippen LogP contribution in [-0.2, 0) is 14.3 Å². The number of methoxy groups -OCH3 is 1. The van der Waals surface area contributed by atoms with Gasteiger partial charge in [-0.15, -0.1) is 0 Å². The van der Waals surface area contributed by atoms with Crippen molar-refractivity contribution in [3.63, 3.8) is 0 Å². The molecule has 2 atom stereocenters. The van der Waals surface area contributed by atoms with Crippen LogP contribution in [0.1, 0.15) is 39.0 Å². The second-order valence-electron chi connectivity index (χ2n) is 5.89. The van der Waals surface area contributed by atoms with Gasteiger partial charge in [-0.1, -0.05) is 26.2 Å². The zero-order valence-corrected chi connectivity index (χ0v) is 11.7. The van der Waals surface area contributed by atoms with Crippen molar-refractivity contribution in [3.05, 3.63) is 0 Å². The number of carbonyl (C=O) groups excluding carboxylic acids is 1. The van der Waals surface area contributed by atoms with Gasteiger partial charge >= 0.3 is 5.97 Å². The third kappa shape index (κ3) is 2.61. The minimum atomic E-state index is -0.807. The summed E-state index contributed by atoms with van der Waals surface area (Å²) in [6, 6.07) is 0. The molecule has 108 valence electrons. The quantitative estimate of drug-likeness (QED) is 0.843. The number of carboxylic acids is 1. The van der Waals surface area contributed by atoms with Crippen molar-refractivity contribution in [1.29, 1.82) is 0 Å². The van der Waals surface area contributed by atoms with Gasteiger partial charge in [0.25, 0.3) is 5.91 Å². The van der Waals surface area contributed by atoms with E-state index in [1.165, 1.54) is 0 Å². The van der Waals surface area contributed by atoms with Crippen LogP contribution in [0.15, 0.2) is 0 Å². The van der Waals surface area contributed by atoms with Crippen LogP contribution in [0.25, 0.3) is 0 Å². The van der Waals surface area contributed by atoms with E-state index in [2.05, 4.69) is 0 Å². The highest BCUT2D eigenvalue weighted by Crippen LogP contribution is 2.35. The molecule has 0 aromatic carbocycles. The molecule has 1 N–H and O–H groups in total. The van der Waals surface area contributed by atoms with Gasteiger partial charge in [-0.05, 0) is 18.8 Å². The molecule has 5 heteroatoms. The number of carboxylic acid groups (broad SMARTS) is 1. The van der Waals surface area contributed by atoms with Crippen LogP contribution in [-0.4, -0.2) is 47.7 Å². The summed E-state index contributed by atoms with van der Waals surface area (Å²) in [6.07, 6.45) is 4.67. The van der Waals surface area contributed by atoms with E-state index in [9.17, 15) is 9.59 Å². The minimum Gasteiger partial charge on any atom is -0.481 e. The molecule has 0 radical (unpaired) electrons. The molecule has 0 aromatic heterocycles. The van der Waals surface area contributed by atoms with Crippen LogP contribution in [0.5, 0.6) is 0 Å². The van der Waals surface area contributed by atoms with Crippen molar-refractivity contribution in [2.24, 2.45) is 11.8 Å². The van der Waals surface area contributed by atoms with Gasteiger partial charge in [0.2, 0.25) is 0 Å². The normalized spacial score (nSPS) is 30.3. The van der Waals surface area contributed by atoms with E-state index in [0.717, 1.165) is 32.1 Å². The third-order valence-corrected chi connectivity index (χ3v) is 4.66. The van der Waals surface area contributed by atoms with Crippen molar-refractivity contribution < 1.29 is 19.4 Å². The first-order valence-corrected chi connectivity index (χ1v) is 7.07. The van der Waals surface area contributed by atoms with Gasteiger partial charge in [-0.3, -0.25) is 9.59 Å². The fourth-order valence-electron chi connectivity index (χ4n) is 3.37. The minimum absolute atomic E-state index is 0.00898. The summed E-state index contributed by atoms with van der Waals surface area (Å²) in [5, 5.41) is 9.15. The molecule has 0 bridgehead atoms. The molecule has 1 heterocycles. The number of rotatable bonds is 3. The summed E-state index contributed by atoms with van der Waals surface area (Å²) in [5.41, 5.74) is -0.703.